The lowest BCUT2D eigenvalue weighted by molar-refractivity contribution is 0.820. The summed E-state index contributed by atoms with van der Waals surface area (Å²) in [4.78, 5) is 4.06. The molecule has 0 saturated heterocycles. The fourth-order valence-corrected chi connectivity index (χ4v) is 2.45. The van der Waals surface area contributed by atoms with Crippen molar-refractivity contribution < 1.29 is 0 Å². The van der Waals surface area contributed by atoms with E-state index < -0.39 is 0 Å². The number of hydrogen-bond donors (Lipinski definition) is 1. The Morgan fingerprint density at radius 2 is 1.95 bits per heavy atom. The molecule has 3 aromatic rings. The molecule has 2 aromatic heterocycles. The molecule has 0 radical (unpaired) electrons. The van der Waals surface area contributed by atoms with Gasteiger partial charge >= 0.3 is 0 Å². The number of nitrogens with zero attached hydrogens (tertiary/aromatic N) is 2. The minimum Gasteiger partial charge on any atom is -0.343 e. The molecule has 1 aromatic carbocycles. The Labute approximate surface area is 112 Å². The van der Waals surface area contributed by atoms with Gasteiger partial charge in [0.2, 0.25) is 0 Å². The molecule has 0 atom stereocenters. The highest BCUT2D eigenvalue weighted by atomic mass is 15.0. The maximum absolute atomic E-state index is 4.06. The number of benzene rings is 1. The lowest BCUT2D eigenvalue weighted by Crippen LogP contribution is -2.05. The molecule has 3 nitrogen and oxygen atoms in total. The van der Waals surface area contributed by atoms with Crippen LogP contribution in [0, 0.1) is 0 Å². The Morgan fingerprint density at radius 1 is 1.11 bits per heavy atom. The summed E-state index contributed by atoms with van der Waals surface area (Å²) in [7, 11) is 1.98. The first-order chi connectivity index (χ1) is 9.38. The van der Waals surface area contributed by atoms with Crippen molar-refractivity contribution in [2.45, 2.75) is 13.1 Å². The van der Waals surface area contributed by atoms with Gasteiger partial charge in [-0.25, -0.2) is 0 Å². The lowest BCUT2D eigenvalue weighted by Gasteiger charge is -2.07. The quantitative estimate of drug-likeness (QED) is 0.772. The highest BCUT2D eigenvalue weighted by Gasteiger charge is 2.05. The SMILES string of the molecule is CNCc1cccc2c1ccn2Cc1ccncc1. The van der Waals surface area contributed by atoms with E-state index in [4.69, 9.17) is 0 Å². The molecule has 0 aliphatic heterocycles. The van der Waals surface area contributed by atoms with E-state index in [1.54, 1.807) is 0 Å². The molecule has 3 heteroatoms. The van der Waals surface area contributed by atoms with Crippen LogP contribution in [0.3, 0.4) is 0 Å². The van der Waals surface area contributed by atoms with Crippen LogP contribution < -0.4 is 5.32 Å². The second-order valence-electron chi connectivity index (χ2n) is 4.68. The summed E-state index contributed by atoms with van der Waals surface area (Å²) in [5.41, 5.74) is 3.89. The van der Waals surface area contributed by atoms with E-state index in [0.717, 1.165) is 13.1 Å². The van der Waals surface area contributed by atoms with Crippen molar-refractivity contribution in [1.82, 2.24) is 14.9 Å². The standard InChI is InChI=1S/C16H17N3/c1-17-11-14-3-2-4-16-15(14)7-10-19(16)12-13-5-8-18-9-6-13/h2-10,17H,11-12H2,1H3. The third kappa shape index (κ3) is 2.37. The van der Waals surface area contributed by atoms with Gasteiger partial charge in [0.1, 0.15) is 0 Å². The van der Waals surface area contributed by atoms with Gasteiger partial charge < -0.3 is 9.88 Å². The Kier molecular flexibility index (Phi) is 3.29. The highest BCUT2D eigenvalue weighted by molar-refractivity contribution is 5.83. The molecule has 3 rings (SSSR count). The monoisotopic (exact) mass is 251 g/mol. The van der Waals surface area contributed by atoms with Gasteiger partial charge in [-0.1, -0.05) is 12.1 Å². The van der Waals surface area contributed by atoms with Crippen molar-refractivity contribution in [1.29, 1.82) is 0 Å². The van der Waals surface area contributed by atoms with Gasteiger partial charge in [-0.2, -0.15) is 0 Å². The summed E-state index contributed by atoms with van der Waals surface area (Å²) in [6, 6.07) is 12.8. The zero-order chi connectivity index (χ0) is 13.1. The van der Waals surface area contributed by atoms with Crippen LogP contribution in [0.15, 0.2) is 55.0 Å². The molecule has 2 heterocycles. The molecule has 0 unspecified atom stereocenters. The van der Waals surface area contributed by atoms with Crippen LogP contribution in [0.2, 0.25) is 0 Å². The fraction of sp³-hybridized carbons (Fsp3) is 0.188. The van der Waals surface area contributed by atoms with E-state index >= 15 is 0 Å². The maximum Gasteiger partial charge on any atom is 0.0486 e. The van der Waals surface area contributed by atoms with Crippen molar-refractivity contribution in [3.05, 3.63) is 66.1 Å². The number of hydrogen-bond acceptors (Lipinski definition) is 2. The van der Waals surface area contributed by atoms with Crippen molar-refractivity contribution in [3.63, 3.8) is 0 Å². The Balaban J connectivity index is 1.99. The molecule has 19 heavy (non-hydrogen) atoms. The Morgan fingerprint density at radius 3 is 2.74 bits per heavy atom. The van der Waals surface area contributed by atoms with Gasteiger partial charge in [-0.3, -0.25) is 4.98 Å². The zero-order valence-electron chi connectivity index (χ0n) is 11.0. The van der Waals surface area contributed by atoms with E-state index in [1.165, 1.54) is 22.0 Å². The average Bonchev–Trinajstić information content (AvgIpc) is 2.85. The zero-order valence-corrected chi connectivity index (χ0v) is 11.0. The van der Waals surface area contributed by atoms with Gasteiger partial charge in [-0.05, 0) is 42.4 Å². The van der Waals surface area contributed by atoms with Crippen LogP contribution in [0.1, 0.15) is 11.1 Å². The van der Waals surface area contributed by atoms with Crippen LogP contribution in [0.25, 0.3) is 10.9 Å². The molecule has 1 N–H and O–H groups in total. The number of nitrogens with one attached hydrogen (secondary N) is 1. The number of fused-ring (bicyclic) bond motifs is 1. The van der Waals surface area contributed by atoms with Crippen molar-refractivity contribution in [2.75, 3.05) is 7.05 Å². The topological polar surface area (TPSA) is 29.9 Å². The smallest absolute Gasteiger partial charge is 0.0486 e. The summed E-state index contributed by atoms with van der Waals surface area (Å²) in [6.07, 6.45) is 5.84. The third-order valence-electron chi connectivity index (χ3n) is 3.37. The predicted molar refractivity (Wildman–Crippen MR) is 78.0 cm³/mol. The largest absolute Gasteiger partial charge is 0.343 e. The average molecular weight is 251 g/mol. The van der Waals surface area contributed by atoms with E-state index in [0.29, 0.717) is 0 Å². The van der Waals surface area contributed by atoms with E-state index in [1.807, 2.05) is 19.4 Å². The third-order valence-corrected chi connectivity index (χ3v) is 3.37. The van der Waals surface area contributed by atoms with Crippen LogP contribution in [-0.2, 0) is 13.1 Å². The van der Waals surface area contributed by atoms with Crippen molar-refractivity contribution >= 4 is 10.9 Å². The van der Waals surface area contributed by atoms with E-state index in [2.05, 4.69) is 57.5 Å². The van der Waals surface area contributed by atoms with E-state index in [-0.39, 0.29) is 0 Å². The number of rotatable bonds is 4. The van der Waals surface area contributed by atoms with Crippen LogP contribution in [0.4, 0.5) is 0 Å². The van der Waals surface area contributed by atoms with Gasteiger partial charge in [0.25, 0.3) is 0 Å². The first-order valence-electron chi connectivity index (χ1n) is 6.49. The van der Waals surface area contributed by atoms with Gasteiger partial charge in [0.15, 0.2) is 0 Å². The van der Waals surface area contributed by atoms with E-state index in [9.17, 15) is 0 Å². The highest BCUT2D eigenvalue weighted by Crippen LogP contribution is 2.21. The molecule has 96 valence electrons. The normalized spacial score (nSPS) is 11.0. The number of pyridine rings is 1. The Hall–Kier alpha value is -2.13. The molecule has 0 spiro atoms. The van der Waals surface area contributed by atoms with Gasteiger partial charge in [0, 0.05) is 42.6 Å². The second-order valence-corrected chi connectivity index (χ2v) is 4.68. The minimum atomic E-state index is 0.884. The number of aromatic nitrogens is 2. The molecule has 0 bridgehead atoms. The van der Waals surface area contributed by atoms with Crippen molar-refractivity contribution in [2.24, 2.45) is 0 Å². The molecule has 0 aliphatic rings. The molecule has 0 aliphatic carbocycles. The van der Waals surface area contributed by atoms with Crippen LogP contribution >= 0.6 is 0 Å². The van der Waals surface area contributed by atoms with Gasteiger partial charge in [0.05, 0.1) is 0 Å². The summed E-state index contributed by atoms with van der Waals surface area (Å²) >= 11 is 0. The first kappa shape index (κ1) is 11.9. The molecular weight excluding hydrogens is 234 g/mol. The molecule has 0 fully saturated rings. The Bertz CT molecular complexity index is 671. The summed E-state index contributed by atoms with van der Waals surface area (Å²) < 4.78 is 2.28. The fourth-order valence-electron chi connectivity index (χ4n) is 2.45. The first-order valence-corrected chi connectivity index (χ1v) is 6.49. The summed E-state index contributed by atoms with van der Waals surface area (Å²) in [5, 5.41) is 4.54. The summed E-state index contributed by atoms with van der Waals surface area (Å²) in [5.74, 6) is 0. The van der Waals surface area contributed by atoms with Gasteiger partial charge in [-0.15, -0.1) is 0 Å². The molecule has 0 saturated carbocycles. The van der Waals surface area contributed by atoms with Crippen molar-refractivity contribution in [3.8, 4) is 0 Å². The second kappa shape index (κ2) is 5.24. The summed E-state index contributed by atoms with van der Waals surface area (Å²) in [6.45, 7) is 1.78. The van der Waals surface area contributed by atoms with Crippen LogP contribution in [-0.4, -0.2) is 16.6 Å². The molecule has 0 amide bonds. The predicted octanol–water partition coefficient (Wildman–Crippen LogP) is 2.80. The molecular formula is C16H17N3. The van der Waals surface area contributed by atoms with Crippen LogP contribution in [0.5, 0.6) is 0 Å². The minimum absolute atomic E-state index is 0.884. The lowest BCUT2D eigenvalue weighted by atomic mass is 10.1. The maximum atomic E-state index is 4.06.